The molecule has 0 N–H and O–H groups in total. The number of hydrogen-bond acceptors (Lipinski definition) is 0. The highest BCUT2D eigenvalue weighted by molar-refractivity contribution is 14.1. The highest BCUT2D eigenvalue weighted by Gasteiger charge is 2.20. The van der Waals surface area contributed by atoms with E-state index in [9.17, 15) is 0 Å². The molecule has 0 saturated carbocycles. The summed E-state index contributed by atoms with van der Waals surface area (Å²) < 4.78 is 0. The van der Waals surface area contributed by atoms with Crippen LogP contribution in [0.5, 0.6) is 0 Å². The van der Waals surface area contributed by atoms with Gasteiger partial charge in [-0.15, -0.1) is 0 Å². The smallest absolute Gasteiger partial charge is 0.153 e. The summed E-state index contributed by atoms with van der Waals surface area (Å²) in [6, 6.07) is 2.37. The largest absolute Gasteiger partial charge is 0.221 e. The van der Waals surface area contributed by atoms with Gasteiger partial charge in [0.25, 0.3) is 0 Å². The van der Waals surface area contributed by atoms with Crippen molar-refractivity contribution in [3.05, 3.63) is 0 Å². The summed E-state index contributed by atoms with van der Waals surface area (Å²) in [6.45, 7) is 4.32. The lowest BCUT2D eigenvalue weighted by atomic mass is 11.0. The fraction of sp³-hybridized carbons (Fsp3) is 1.00. The van der Waals surface area contributed by atoms with Crippen molar-refractivity contribution in [3.63, 3.8) is 0 Å². The Morgan fingerprint density at radius 1 is 1.43 bits per heavy atom. The summed E-state index contributed by atoms with van der Waals surface area (Å²) in [5, 5.41) is 0. The summed E-state index contributed by atoms with van der Waals surface area (Å²) in [4.78, 5) is -1.21. The van der Waals surface area contributed by atoms with Gasteiger partial charge in [0, 0.05) is 0 Å². The fourth-order valence-electron chi connectivity index (χ4n) is 0.250. The van der Waals surface area contributed by atoms with E-state index in [2.05, 4.69) is 35.6 Å². The average molecular weight is 249 g/mol. The van der Waals surface area contributed by atoms with Gasteiger partial charge in [-0.05, 0) is 12.1 Å². The van der Waals surface area contributed by atoms with Gasteiger partial charge < -0.3 is 0 Å². The van der Waals surface area contributed by atoms with Crippen LogP contribution in [0.15, 0.2) is 0 Å². The molecule has 0 aromatic heterocycles. The molecule has 0 rings (SSSR count). The molecule has 0 radical (unpaired) electrons. The summed E-state index contributed by atoms with van der Waals surface area (Å²) in [5.74, 6) is 0. The van der Waals surface area contributed by atoms with Crippen LogP contribution in [0.3, 0.4) is 0 Å². The van der Waals surface area contributed by atoms with E-state index in [4.69, 9.17) is 11.1 Å². The van der Waals surface area contributed by atoms with Gasteiger partial charge in [-0.2, -0.15) is 11.1 Å². The first-order chi connectivity index (χ1) is 3.12. The van der Waals surface area contributed by atoms with E-state index in [-0.39, 0.29) is 0 Å². The lowest BCUT2D eigenvalue weighted by Gasteiger charge is -2.09. The maximum absolute atomic E-state index is 6.03. The van der Waals surface area contributed by atoms with Gasteiger partial charge in [0.15, 0.2) is 0 Å². The Kier molecular flexibility index (Phi) is 3.88. The molecule has 7 heavy (non-hydrogen) atoms. The fourth-order valence-corrected chi connectivity index (χ4v) is 0.750. The van der Waals surface area contributed by atoms with E-state index >= 15 is 0 Å². The molecule has 0 nitrogen and oxygen atoms in total. The Morgan fingerprint density at radius 3 is 1.71 bits per heavy atom. The van der Waals surface area contributed by atoms with Crippen molar-refractivity contribution < 1.29 is 0 Å². The topological polar surface area (TPSA) is 0 Å². The quantitative estimate of drug-likeness (QED) is 0.400. The van der Waals surface area contributed by atoms with Gasteiger partial charge >= 0.3 is 0 Å². The third-order valence-corrected chi connectivity index (χ3v) is 9.28. The zero-order chi connectivity index (χ0) is 5.91. The molecule has 0 spiro atoms. The Morgan fingerprint density at radius 2 is 1.71 bits per heavy atom. The summed E-state index contributed by atoms with van der Waals surface area (Å²) in [7, 11) is 0. The van der Waals surface area contributed by atoms with Gasteiger partial charge in [0.05, 0.1) is 0 Å². The molecular weight excluding hydrogens is 238 g/mol. The van der Waals surface area contributed by atoms with Crippen LogP contribution in [0.1, 0.15) is 13.8 Å². The normalized spacial score (nSPS) is 12.0. The van der Waals surface area contributed by atoms with Gasteiger partial charge in [-0.3, -0.25) is 0 Å². The predicted octanol–water partition coefficient (Wildman–Crippen LogP) is 3.14. The minimum absolute atomic E-state index is 1.19. The molecular formula is C4H10ClISi. The first-order valence-corrected chi connectivity index (χ1v) is 9.04. The SMILES string of the molecule is CC[Si](Cl)(I)CC. The molecule has 0 aromatic carbocycles. The van der Waals surface area contributed by atoms with Crippen molar-refractivity contribution in [2.45, 2.75) is 25.9 Å². The van der Waals surface area contributed by atoms with E-state index < -0.39 is 4.88 Å². The van der Waals surface area contributed by atoms with Crippen molar-refractivity contribution in [2.24, 2.45) is 0 Å². The van der Waals surface area contributed by atoms with Crippen molar-refractivity contribution >= 4 is 37.8 Å². The lowest BCUT2D eigenvalue weighted by molar-refractivity contribution is 1.34. The second-order valence-electron chi connectivity index (χ2n) is 1.56. The molecule has 0 aliphatic rings. The highest BCUT2D eigenvalue weighted by atomic mass is 127. The Labute approximate surface area is 63.6 Å². The van der Waals surface area contributed by atoms with Crippen LogP contribution in [0.25, 0.3) is 0 Å². The van der Waals surface area contributed by atoms with E-state index in [0.29, 0.717) is 0 Å². The van der Waals surface area contributed by atoms with Crippen LogP contribution in [0, 0.1) is 0 Å². The van der Waals surface area contributed by atoms with E-state index in [0.717, 1.165) is 0 Å². The zero-order valence-corrected chi connectivity index (χ0v) is 8.58. The van der Waals surface area contributed by atoms with Crippen molar-refractivity contribution in [1.82, 2.24) is 0 Å². The monoisotopic (exact) mass is 248 g/mol. The molecule has 0 saturated heterocycles. The molecule has 3 heteroatoms. The Balaban J connectivity index is 3.36. The highest BCUT2D eigenvalue weighted by Crippen LogP contribution is 2.26. The molecule has 0 bridgehead atoms. The Bertz CT molecular complexity index is 49.7. The first-order valence-electron chi connectivity index (χ1n) is 2.50. The molecule has 0 heterocycles. The molecule has 0 aliphatic carbocycles. The van der Waals surface area contributed by atoms with Crippen LogP contribution in [-0.4, -0.2) is 4.88 Å². The van der Waals surface area contributed by atoms with Gasteiger partial charge in [-0.25, -0.2) is 0 Å². The number of halogens is 2. The van der Waals surface area contributed by atoms with Crippen LogP contribution in [0.2, 0.25) is 12.1 Å². The van der Waals surface area contributed by atoms with E-state index in [1.807, 2.05) is 0 Å². The van der Waals surface area contributed by atoms with Gasteiger partial charge in [0.2, 0.25) is 4.88 Å². The van der Waals surface area contributed by atoms with Crippen LogP contribution < -0.4 is 0 Å². The van der Waals surface area contributed by atoms with Crippen LogP contribution in [-0.2, 0) is 0 Å². The van der Waals surface area contributed by atoms with Crippen LogP contribution >= 0.6 is 32.9 Å². The molecule has 0 unspecified atom stereocenters. The summed E-state index contributed by atoms with van der Waals surface area (Å²) >= 11 is 8.44. The summed E-state index contributed by atoms with van der Waals surface area (Å²) in [5.41, 5.74) is 0. The predicted molar refractivity (Wildman–Crippen MR) is 46.6 cm³/mol. The number of rotatable bonds is 2. The second kappa shape index (κ2) is 3.30. The zero-order valence-electron chi connectivity index (χ0n) is 4.67. The molecule has 0 atom stereocenters. The molecule has 44 valence electrons. The average Bonchev–Trinajstić information content (AvgIpc) is 1.68. The minimum Gasteiger partial charge on any atom is -0.153 e. The molecule has 0 amide bonds. The van der Waals surface area contributed by atoms with Crippen molar-refractivity contribution in [2.75, 3.05) is 0 Å². The maximum atomic E-state index is 6.03. The van der Waals surface area contributed by atoms with Gasteiger partial charge in [0.1, 0.15) is 0 Å². The third-order valence-electron chi connectivity index (χ3n) is 1.03. The van der Waals surface area contributed by atoms with Crippen molar-refractivity contribution in [3.8, 4) is 0 Å². The molecule has 0 aromatic rings. The number of hydrogen-bond donors (Lipinski definition) is 0. The standard InChI is InChI=1S/C4H10ClISi/c1-3-7(5,6)4-2/h3-4H2,1-2H3. The van der Waals surface area contributed by atoms with E-state index in [1.54, 1.807) is 0 Å². The molecule has 0 aliphatic heterocycles. The van der Waals surface area contributed by atoms with Crippen LogP contribution in [0.4, 0.5) is 0 Å². The summed E-state index contributed by atoms with van der Waals surface area (Å²) in [6.07, 6.45) is 0. The minimum atomic E-state index is -1.21. The first kappa shape index (κ1) is 8.24. The van der Waals surface area contributed by atoms with E-state index in [1.165, 1.54) is 12.1 Å². The third kappa shape index (κ3) is 3.79. The molecule has 0 fully saturated rings. The lowest BCUT2D eigenvalue weighted by Crippen LogP contribution is -2.12. The second-order valence-corrected chi connectivity index (χ2v) is 15.0. The Hall–Kier alpha value is 1.24. The van der Waals surface area contributed by atoms with Gasteiger partial charge in [-0.1, -0.05) is 35.6 Å². The maximum Gasteiger partial charge on any atom is 0.221 e. The van der Waals surface area contributed by atoms with Crippen molar-refractivity contribution in [1.29, 1.82) is 0 Å².